The van der Waals surface area contributed by atoms with Crippen LogP contribution in [0.4, 0.5) is 0 Å². The molecule has 1 aliphatic carbocycles. The Hall–Kier alpha value is -0.800. The molecule has 1 aliphatic rings. The Balaban J connectivity index is 1.84. The fraction of sp³-hybridized carbons (Fsp3) is 0.500. The number of amides is 1. The van der Waals surface area contributed by atoms with Crippen LogP contribution >= 0.6 is 22.9 Å². The van der Waals surface area contributed by atoms with E-state index in [1.807, 2.05) is 18.2 Å². The molecule has 2 rings (SSSR count). The van der Waals surface area contributed by atoms with E-state index in [4.69, 9.17) is 11.6 Å². The minimum atomic E-state index is -0.0118. The van der Waals surface area contributed by atoms with Crippen LogP contribution in [0.1, 0.15) is 38.0 Å². The van der Waals surface area contributed by atoms with Gasteiger partial charge < -0.3 is 5.32 Å². The maximum absolute atomic E-state index is 11.8. The summed E-state index contributed by atoms with van der Waals surface area (Å²) >= 11 is 7.30. The van der Waals surface area contributed by atoms with Gasteiger partial charge in [-0.15, -0.1) is 11.3 Å². The van der Waals surface area contributed by atoms with Crippen molar-refractivity contribution in [3.05, 3.63) is 27.4 Å². The molecule has 4 heteroatoms. The number of carbonyl (C=O) groups is 1. The monoisotopic (exact) mass is 283 g/mol. The molecular formula is C14H18ClNOS. The molecule has 2 nitrogen and oxygen atoms in total. The lowest BCUT2D eigenvalue weighted by Gasteiger charge is -2.17. The van der Waals surface area contributed by atoms with Crippen LogP contribution in [0, 0.1) is 5.41 Å². The Morgan fingerprint density at radius 1 is 1.56 bits per heavy atom. The number of hydrogen-bond donors (Lipinski definition) is 1. The third kappa shape index (κ3) is 3.85. The van der Waals surface area contributed by atoms with E-state index in [0.29, 0.717) is 11.5 Å². The van der Waals surface area contributed by atoms with E-state index in [2.05, 4.69) is 19.2 Å². The third-order valence-electron chi connectivity index (χ3n) is 3.31. The van der Waals surface area contributed by atoms with Crippen LogP contribution < -0.4 is 5.32 Å². The van der Waals surface area contributed by atoms with Crippen LogP contribution in [0.15, 0.2) is 18.2 Å². The van der Waals surface area contributed by atoms with Gasteiger partial charge in [0, 0.05) is 17.0 Å². The average molecular weight is 284 g/mol. The zero-order valence-corrected chi connectivity index (χ0v) is 12.3. The summed E-state index contributed by atoms with van der Waals surface area (Å²) in [5, 5.41) is 3.06. The second-order valence-corrected chi connectivity index (χ2v) is 7.33. The van der Waals surface area contributed by atoms with Crippen molar-refractivity contribution >= 4 is 34.9 Å². The van der Waals surface area contributed by atoms with E-state index in [9.17, 15) is 4.79 Å². The van der Waals surface area contributed by atoms with Gasteiger partial charge in [-0.05, 0) is 42.9 Å². The number of thiophene rings is 1. The molecule has 1 amide bonds. The second-order valence-electron chi connectivity index (χ2n) is 5.59. The summed E-state index contributed by atoms with van der Waals surface area (Å²) in [4.78, 5) is 12.8. The van der Waals surface area contributed by atoms with Crippen molar-refractivity contribution in [2.75, 3.05) is 0 Å². The second kappa shape index (κ2) is 5.45. The quantitative estimate of drug-likeness (QED) is 0.831. The lowest BCUT2D eigenvalue weighted by molar-refractivity contribution is -0.117. The molecule has 1 saturated carbocycles. The lowest BCUT2D eigenvalue weighted by atomic mass is 9.92. The molecule has 1 fully saturated rings. The van der Waals surface area contributed by atoms with Crippen molar-refractivity contribution in [1.29, 1.82) is 0 Å². The van der Waals surface area contributed by atoms with E-state index in [-0.39, 0.29) is 5.91 Å². The van der Waals surface area contributed by atoms with Crippen molar-refractivity contribution in [2.45, 2.75) is 39.2 Å². The maximum Gasteiger partial charge on any atom is 0.244 e. The van der Waals surface area contributed by atoms with Crippen LogP contribution in [0.3, 0.4) is 0 Å². The van der Waals surface area contributed by atoms with Crippen LogP contribution in [-0.2, 0) is 4.79 Å². The molecule has 1 aromatic rings. The molecule has 1 heterocycles. The first-order chi connectivity index (χ1) is 8.44. The Morgan fingerprint density at radius 2 is 2.33 bits per heavy atom. The zero-order valence-electron chi connectivity index (χ0n) is 10.7. The van der Waals surface area contributed by atoms with Crippen molar-refractivity contribution in [2.24, 2.45) is 5.41 Å². The highest BCUT2D eigenvalue weighted by molar-refractivity contribution is 7.17. The SMILES string of the molecule is CC1(C)CCC(NC(=O)/C=C/c2ccc(Cl)s2)C1. The summed E-state index contributed by atoms with van der Waals surface area (Å²) in [5.74, 6) is -0.0118. The van der Waals surface area contributed by atoms with Crippen molar-refractivity contribution < 1.29 is 4.79 Å². The van der Waals surface area contributed by atoms with E-state index in [0.717, 1.165) is 22.1 Å². The van der Waals surface area contributed by atoms with Gasteiger partial charge in [-0.25, -0.2) is 0 Å². The summed E-state index contributed by atoms with van der Waals surface area (Å²) in [6.07, 6.45) is 6.73. The fourth-order valence-electron chi connectivity index (χ4n) is 2.38. The normalized spacial score (nSPS) is 22.5. The first-order valence-electron chi connectivity index (χ1n) is 6.19. The minimum absolute atomic E-state index is 0.0118. The first kappa shape index (κ1) is 13.6. The standard InChI is InChI=1S/C14H18ClNOS/c1-14(2)8-7-10(9-14)16-13(17)6-4-11-3-5-12(15)18-11/h3-6,10H,7-9H2,1-2H3,(H,16,17)/b6-4+. The lowest BCUT2D eigenvalue weighted by Crippen LogP contribution is -2.32. The molecule has 1 atom stereocenters. The summed E-state index contributed by atoms with van der Waals surface area (Å²) in [6.45, 7) is 4.51. The number of hydrogen-bond acceptors (Lipinski definition) is 2. The van der Waals surface area contributed by atoms with Crippen molar-refractivity contribution in [3.63, 3.8) is 0 Å². The molecule has 0 saturated heterocycles. The van der Waals surface area contributed by atoms with E-state index < -0.39 is 0 Å². The predicted octanol–water partition coefficient (Wildman–Crippen LogP) is 4.11. The Morgan fingerprint density at radius 3 is 2.89 bits per heavy atom. The highest BCUT2D eigenvalue weighted by atomic mass is 35.5. The Labute approximate surface area is 117 Å². The van der Waals surface area contributed by atoms with Crippen LogP contribution in [-0.4, -0.2) is 11.9 Å². The fourth-order valence-corrected chi connectivity index (χ4v) is 3.35. The molecule has 0 radical (unpaired) electrons. The number of nitrogens with one attached hydrogen (secondary N) is 1. The number of rotatable bonds is 3. The Bertz CT molecular complexity index is 464. The molecule has 0 aromatic carbocycles. The molecule has 98 valence electrons. The molecule has 1 aromatic heterocycles. The van der Waals surface area contributed by atoms with Gasteiger partial charge in [0.1, 0.15) is 0 Å². The zero-order chi connectivity index (χ0) is 13.2. The molecule has 0 bridgehead atoms. The van der Waals surface area contributed by atoms with Gasteiger partial charge in [0.05, 0.1) is 4.34 Å². The van der Waals surface area contributed by atoms with Crippen molar-refractivity contribution in [3.8, 4) is 0 Å². The van der Waals surface area contributed by atoms with E-state index in [1.54, 1.807) is 6.08 Å². The van der Waals surface area contributed by atoms with Crippen LogP contribution in [0.5, 0.6) is 0 Å². The predicted molar refractivity (Wildman–Crippen MR) is 77.9 cm³/mol. The van der Waals surface area contributed by atoms with Gasteiger partial charge in [0.2, 0.25) is 5.91 Å². The number of carbonyl (C=O) groups excluding carboxylic acids is 1. The van der Waals surface area contributed by atoms with Crippen LogP contribution in [0.25, 0.3) is 6.08 Å². The largest absolute Gasteiger partial charge is 0.350 e. The molecular weight excluding hydrogens is 266 g/mol. The minimum Gasteiger partial charge on any atom is -0.350 e. The third-order valence-corrected chi connectivity index (χ3v) is 4.50. The average Bonchev–Trinajstić information content (AvgIpc) is 2.82. The summed E-state index contributed by atoms with van der Waals surface area (Å²) < 4.78 is 0.743. The first-order valence-corrected chi connectivity index (χ1v) is 7.38. The smallest absolute Gasteiger partial charge is 0.244 e. The molecule has 1 N–H and O–H groups in total. The van der Waals surface area contributed by atoms with Gasteiger partial charge >= 0.3 is 0 Å². The number of halogens is 1. The Kier molecular flexibility index (Phi) is 4.13. The molecule has 0 spiro atoms. The summed E-state index contributed by atoms with van der Waals surface area (Å²) in [6, 6.07) is 4.07. The van der Waals surface area contributed by atoms with Gasteiger partial charge in [-0.2, -0.15) is 0 Å². The van der Waals surface area contributed by atoms with E-state index in [1.165, 1.54) is 17.8 Å². The van der Waals surface area contributed by atoms with E-state index >= 15 is 0 Å². The van der Waals surface area contributed by atoms with Gasteiger partial charge in [-0.3, -0.25) is 4.79 Å². The maximum atomic E-state index is 11.8. The van der Waals surface area contributed by atoms with Gasteiger partial charge in [0.25, 0.3) is 0 Å². The summed E-state index contributed by atoms with van der Waals surface area (Å²) in [7, 11) is 0. The highest BCUT2D eigenvalue weighted by Gasteiger charge is 2.31. The molecule has 18 heavy (non-hydrogen) atoms. The van der Waals surface area contributed by atoms with Crippen molar-refractivity contribution in [1.82, 2.24) is 5.32 Å². The van der Waals surface area contributed by atoms with Crippen LogP contribution in [0.2, 0.25) is 4.34 Å². The molecule has 0 aliphatic heterocycles. The van der Waals surface area contributed by atoms with Gasteiger partial charge in [0.15, 0.2) is 0 Å². The van der Waals surface area contributed by atoms with Gasteiger partial charge in [-0.1, -0.05) is 25.4 Å². The topological polar surface area (TPSA) is 29.1 Å². The summed E-state index contributed by atoms with van der Waals surface area (Å²) in [5.41, 5.74) is 0.364. The highest BCUT2D eigenvalue weighted by Crippen LogP contribution is 2.36. The molecule has 1 unspecified atom stereocenters.